The zero-order chi connectivity index (χ0) is 22.1. The number of rotatable bonds is 4. The van der Waals surface area contributed by atoms with Crippen molar-refractivity contribution in [3.8, 4) is 11.4 Å². The molecule has 3 heterocycles. The van der Waals surface area contributed by atoms with Gasteiger partial charge in [0.25, 0.3) is 5.91 Å². The highest BCUT2D eigenvalue weighted by atomic mass is 79.9. The zero-order valence-corrected chi connectivity index (χ0v) is 18.7. The molecule has 1 aliphatic heterocycles. The van der Waals surface area contributed by atoms with Crippen LogP contribution in [-0.2, 0) is 4.79 Å². The molecule has 0 unspecified atom stereocenters. The number of hydrogen-bond donors (Lipinski definition) is 2. The van der Waals surface area contributed by atoms with Crippen molar-refractivity contribution in [1.29, 1.82) is 0 Å². The van der Waals surface area contributed by atoms with Gasteiger partial charge in [0.15, 0.2) is 5.82 Å². The molecule has 5 rings (SSSR count). The van der Waals surface area contributed by atoms with E-state index in [-0.39, 0.29) is 5.91 Å². The summed E-state index contributed by atoms with van der Waals surface area (Å²) < 4.78 is 2.65. The standard InChI is InChI=1S/C24H19BrN6O/c1-15-20(23(32)28-17-7-3-2-4-8-17)21(18-9-5-6-10-19(18)25)31-24(27-15)29-22(30-31)16-11-13-26-14-12-16/h2-14,21H,1H3,(H,28,32)(H,27,29,30)/t21-/m1/s1. The summed E-state index contributed by atoms with van der Waals surface area (Å²) >= 11 is 3.65. The van der Waals surface area contributed by atoms with E-state index >= 15 is 0 Å². The quantitative estimate of drug-likeness (QED) is 0.422. The van der Waals surface area contributed by atoms with Gasteiger partial charge >= 0.3 is 0 Å². The molecule has 0 fully saturated rings. The second-order valence-electron chi connectivity index (χ2n) is 7.35. The lowest BCUT2D eigenvalue weighted by Gasteiger charge is -2.29. The minimum atomic E-state index is -0.464. The van der Waals surface area contributed by atoms with Crippen LogP contribution in [0.2, 0.25) is 0 Å². The van der Waals surface area contributed by atoms with Gasteiger partial charge in [0, 0.05) is 33.8 Å². The second kappa shape index (κ2) is 8.39. The first-order chi connectivity index (χ1) is 15.6. The predicted molar refractivity (Wildman–Crippen MR) is 127 cm³/mol. The highest BCUT2D eigenvalue weighted by molar-refractivity contribution is 9.10. The molecule has 2 N–H and O–H groups in total. The summed E-state index contributed by atoms with van der Waals surface area (Å²) in [4.78, 5) is 22.2. The molecule has 8 heteroatoms. The number of para-hydroxylation sites is 1. The molecule has 4 aromatic rings. The lowest BCUT2D eigenvalue weighted by molar-refractivity contribution is -0.113. The van der Waals surface area contributed by atoms with Crippen molar-refractivity contribution in [1.82, 2.24) is 19.7 Å². The van der Waals surface area contributed by atoms with Gasteiger partial charge in [0.1, 0.15) is 6.04 Å². The number of fused-ring (bicyclic) bond motifs is 1. The maximum atomic E-state index is 13.5. The number of carbonyl (C=O) groups excluding carboxylic acids is 1. The average Bonchev–Trinajstić information content (AvgIpc) is 3.23. The minimum absolute atomic E-state index is 0.200. The average molecular weight is 487 g/mol. The van der Waals surface area contributed by atoms with Crippen LogP contribution in [0.25, 0.3) is 11.4 Å². The van der Waals surface area contributed by atoms with Crippen LogP contribution in [0.15, 0.2) is 94.9 Å². The van der Waals surface area contributed by atoms with E-state index in [0.717, 1.165) is 27.0 Å². The Labute approximate surface area is 193 Å². The fourth-order valence-electron chi connectivity index (χ4n) is 3.77. The number of hydrogen-bond acceptors (Lipinski definition) is 5. The number of amides is 1. The lowest BCUT2D eigenvalue weighted by atomic mass is 9.95. The second-order valence-corrected chi connectivity index (χ2v) is 8.20. The van der Waals surface area contributed by atoms with Gasteiger partial charge in [-0.25, -0.2) is 4.68 Å². The van der Waals surface area contributed by atoms with E-state index in [1.54, 1.807) is 17.1 Å². The highest BCUT2D eigenvalue weighted by Gasteiger charge is 2.35. The van der Waals surface area contributed by atoms with Crippen molar-refractivity contribution in [2.24, 2.45) is 0 Å². The van der Waals surface area contributed by atoms with Crippen molar-refractivity contribution < 1.29 is 4.79 Å². The number of anilines is 2. The third kappa shape index (κ3) is 3.69. The summed E-state index contributed by atoms with van der Waals surface area (Å²) in [6.07, 6.45) is 3.41. The summed E-state index contributed by atoms with van der Waals surface area (Å²) in [5.74, 6) is 0.935. The monoisotopic (exact) mass is 486 g/mol. The number of nitrogens with one attached hydrogen (secondary N) is 2. The highest BCUT2D eigenvalue weighted by Crippen LogP contribution is 2.39. The molecule has 1 amide bonds. The molecular weight excluding hydrogens is 468 g/mol. The Morgan fingerprint density at radius 2 is 1.75 bits per heavy atom. The topological polar surface area (TPSA) is 84.7 Å². The molecule has 0 aliphatic carbocycles. The Morgan fingerprint density at radius 3 is 2.50 bits per heavy atom. The van der Waals surface area contributed by atoms with Crippen molar-refractivity contribution in [3.05, 3.63) is 100 Å². The van der Waals surface area contributed by atoms with Crippen molar-refractivity contribution in [2.45, 2.75) is 13.0 Å². The number of pyridine rings is 1. The fraction of sp³-hybridized carbons (Fsp3) is 0.0833. The molecule has 2 aromatic heterocycles. The molecule has 7 nitrogen and oxygen atoms in total. The van der Waals surface area contributed by atoms with Crippen molar-refractivity contribution in [2.75, 3.05) is 10.6 Å². The van der Waals surface area contributed by atoms with Crippen LogP contribution in [0, 0.1) is 0 Å². The van der Waals surface area contributed by atoms with Crippen LogP contribution < -0.4 is 10.6 Å². The van der Waals surface area contributed by atoms with Gasteiger partial charge in [0.05, 0.1) is 5.57 Å². The van der Waals surface area contributed by atoms with E-state index in [2.05, 4.69) is 36.5 Å². The molecule has 0 saturated heterocycles. The van der Waals surface area contributed by atoms with E-state index in [0.29, 0.717) is 17.3 Å². The Kier molecular flexibility index (Phi) is 5.28. The first kappa shape index (κ1) is 20.1. The molecule has 158 valence electrons. The van der Waals surface area contributed by atoms with E-state index in [1.807, 2.05) is 73.7 Å². The number of halogens is 1. The third-order valence-electron chi connectivity index (χ3n) is 5.27. The summed E-state index contributed by atoms with van der Waals surface area (Å²) in [6, 6.07) is 20.5. The van der Waals surface area contributed by atoms with Gasteiger partial charge < -0.3 is 10.6 Å². The van der Waals surface area contributed by atoms with Gasteiger partial charge in [-0.15, -0.1) is 5.10 Å². The van der Waals surface area contributed by atoms with Crippen LogP contribution in [0.3, 0.4) is 0 Å². The molecule has 1 atom stereocenters. The van der Waals surface area contributed by atoms with Gasteiger partial charge in [-0.2, -0.15) is 4.98 Å². The largest absolute Gasteiger partial charge is 0.328 e. The van der Waals surface area contributed by atoms with E-state index in [4.69, 9.17) is 5.10 Å². The molecule has 0 saturated carbocycles. The summed E-state index contributed by atoms with van der Waals surface area (Å²) in [7, 11) is 0. The van der Waals surface area contributed by atoms with Gasteiger partial charge in [0.2, 0.25) is 5.95 Å². The predicted octanol–water partition coefficient (Wildman–Crippen LogP) is 5.03. The smallest absolute Gasteiger partial charge is 0.255 e. The van der Waals surface area contributed by atoms with E-state index in [9.17, 15) is 4.79 Å². The van der Waals surface area contributed by atoms with Crippen molar-refractivity contribution in [3.63, 3.8) is 0 Å². The summed E-state index contributed by atoms with van der Waals surface area (Å²) in [5.41, 5.74) is 3.78. The Hall–Kier alpha value is -3.78. The van der Waals surface area contributed by atoms with Crippen LogP contribution in [0.1, 0.15) is 18.5 Å². The summed E-state index contributed by atoms with van der Waals surface area (Å²) in [6.45, 7) is 1.88. The van der Waals surface area contributed by atoms with E-state index < -0.39 is 6.04 Å². The van der Waals surface area contributed by atoms with Gasteiger partial charge in [-0.05, 0) is 42.8 Å². The van der Waals surface area contributed by atoms with Crippen LogP contribution >= 0.6 is 15.9 Å². The van der Waals surface area contributed by atoms with Gasteiger partial charge in [-0.3, -0.25) is 9.78 Å². The Balaban J connectivity index is 1.63. The van der Waals surface area contributed by atoms with E-state index in [1.165, 1.54) is 0 Å². The number of nitrogens with zero attached hydrogens (tertiary/aromatic N) is 4. The maximum Gasteiger partial charge on any atom is 0.255 e. The van der Waals surface area contributed by atoms with Gasteiger partial charge in [-0.1, -0.05) is 52.3 Å². The lowest BCUT2D eigenvalue weighted by Crippen LogP contribution is -2.31. The van der Waals surface area contributed by atoms with Crippen LogP contribution in [0.4, 0.5) is 11.6 Å². The van der Waals surface area contributed by atoms with Crippen LogP contribution in [-0.4, -0.2) is 25.7 Å². The van der Waals surface area contributed by atoms with Crippen molar-refractivity contribution >= 4 is 33.5 Å². The summed E-state index contributed by atoms with van der Waals surface area (Å²) in [5, 5.41) is 11.0. The number of allylic oxidation sites excluding steroid dienone is 1. The molecular formula is C24H19BrN6O. The number of carbonyl (C=O) groups is 1. The molecule has 32 heavy (non-hydrogen) atoms. The third-order valence-corrected chi connectivity index (χ3v) is 5.99. The Morgan fingerprint density at radius 1 is 1.03 bits per heavy atom. The number of benzene rings is 2. The molecule has 0 radical (unpaired) electrons. The zero-order valence-electron chi connectivity index (χ0n) is 17.2. The Bertz CT molecular complexity index is 1320. The first-order valence-corrected chi connectivity index (χ1v) is 10.9. The SMILES string of the molecule is CC1=C(C(=O)Nc2ccccc2)[C@@H](c2ccccc2Br)n2nc(-c3ccncc3)nc2N1. The maximum absolute atomic E-state index is 13.5. The number of aromatic nitrogens is 4. The first-order valence-electron chi connectivity index (χ1n) is 10.1. The normalized spacial score (nSPS) is 15.1. The van der Waals surface area contributed by atoms with Crippen LogP contribution in [0.5, 0.6) is 0 Å². The molecule has 0 bridgehead atoms. The molecule has 2 aromatic carbocycles. The minimum Gasteiger partial charge on any atom is -0.328 e. The fourth-order valence-corrected chi connectivity index (χ4v) is 4.27. The molecule has 0 spiro atoms. The molecule has 1 aliphatic rings.